The number of benzene rings is 1. The summed E-state index contributed by atoms with van der Waals surface area (Å²) < 4.78 is 23.6. The summed E-state index contributed by atoms with van der Waals surface area (Å²) in [7, 11) is 1.27. The van der Waals surface area contributed by atoms with Gasteiger partial charge >= 0.3 is 12.0 Å². The number of anilines is 1. The molecule has 1 heterocycles. The second-order valence-electron chi connectivity index (χ2n) is 4.93. The minimum Gasteiger partial charge on any atom is -0.469 e. The Bertz CT molecular complexity index is 685. The van der Waals surface area contributed by atoms with E-state index in [-0.39, 0.29) is 12.2 Å². The Kier molecular flexibility index (Phi) is 5.35. The zero-order chi connectivity index (χ0) is 16.8. The molecule has 1 aromatic heterocycles. The second-order valence-corrected chi connectivity index (χ2v) is 4.93. The van der Waals surface area contributed by atoms with Crippen molar-refractivity contribution in [1.82, 2.24) is 5.32 Å². The van der Waals surface area contributed by atoms with Crippen LogP contribution in [0.4, 0.5) is 14.9 Å². The Morgan fingerprint density at radius 1 is 1.35 bits per heavy atom. The molecule has 2 N–H and O–H groups in total. The van der Waals surface area contributed by atoms with Gasteiger partial charge in [0.15, 0.2) is 0 Å². The molecule has 0 aliphatic rings. The average molecular weight is 320 g/mol. The van der Waals surface area contributed by atoms with Crippen molar-refractivity contribution in [3.8, 4) is 11.3 Å². The van der Waals surface area contributed by atoms with Crippen LogP contribution in [0, 0.1) is 11.7 Å². The Hall–Kier alpha value is -2.83. The van der Waals surface area contributed by atoms with Crippen molar-refractivity contribution >= 4 is 17.7 Å². The summed E-state index contributed by atoms with van der Waals surface area (Å²) in [5, 5.41) is 4.89. The topological polar surface area (TPSA) is 80.6 Å². The lowest BCUT2D eigenvalue weighted by Gasteiger charge is -2.12. The number of hydrogen-bond donors (Lipinski definition) is 2. The highest BCUT2D eigenvalue weighted by Crippen LogP contribution is 2.25. The van der Waals surface area contributed by atoms with E-state index in [2.05, 4.69) is 15.4 Å². The van der Waals surface area contributed by atoms with Gasteiger partial charge in [-0.15, -0.1) is 0 Å². The van der Waals surface area contributed by atoms with Gasteiger partial charge in [0.05, 0.1) is 25.0 Å². The van der Waals surface area contributed by atoms with Gasteiger partial charge in [0.25, 0.3) is 0 Å². The van der Waals surface area contributed by atoms with E-state index in [9.17, 15) is 14.0 Å². The largest absolute Gasteiger partial charge is 0.469 e. The van der Waals surface area contributed by atoms with E-state index in [4.69, 9.17) is 4.42 Å². The lowest BCUT2D eigenvalue weighted by atomic mass is 10.1. The lowest BCUT2D eigenvalue weighted by molar-refractivity contribution is -0.144. The Labute approximate surface area is 132 Å². The third kappa shape index (κ3) is 4.32. The summed E-state index contributed by atoms with van der Waals surface area (Å²) in [6.45, 7) is 1.70. The fraction of sp³-hybridized carbons (Fsp3) is 0.250. The molecule has 2 rings (SSSR count). The third-order valence-corrected chi connectivity index (χ3v) is 3.19. The Morgan fingerprint density at radius 2 is 2.13 bits per heavy atom. The van der Waals surface area contributed by atoms with Crippen LogP contribution < -0.4 is 10.6 Å². The summed E-state index contributed by atoms with van der Waals surface area (Å²) in [5.74, 6) is -0.939. The molecule has 0 fully saturated rings. The molecule has 122 valence electrons. The molecule has 1 atom stereocenters. The van der Waals surface area contributed by atoms with E-state index < -0.39 is 23.7 Å². The molecular weight excluding hydrogens is 303 g/mol. The maximum Gasteiger partial charge on any atom is 0.319 e. The first kappa shape index (κ1) is 16.5. The molecule has 0 spiro atoms. The number of carbonyl (C=O) groups is 2. The van der Waals surface area contributed by atoms with Gasteiger partial charge in [-0.3, -0.25) is 4.79 Å². The van der Waals surface area contributed by atoms with Gasteiger partial charge in [0, 0.05) is 12.1 Å². The summed E-state index contributed by atoms with van der Waals surface area (Å²) >= 11 is 0. The lowest BCUT2D eigenvalue weighted by Crippen LogP contribution is -2.35. The Balaban J connectivity index is 2.00. The number of esters is 1. The highest BCUT2D eigenvalue weighted by Gasteiger charge is 2.15. The fourth-order valence-corrected chi connectivity index (χ4v) is 1.91. The number of halogens is 1. The van der Waals surface area contributed by atoms with Gasteiger partial charge in [-0.25, -0.2) is 9.18 Å². The molecule has 23 heavy (non-hydrogen) atoms. The van der Waals surface area contributed by atoms with Crippen molar-refractivity contribution in [2.24, 2.45) is 5.92 Å². The zero-order valence-corrected chi connectivity index (χ0v) is 12.8. The van der Waals surface area contributed by atoms with Crippen molar-refractivity contribution in [2.75, 3.05) is 19.0 Å². The van der Waals surface area contributed by atoms with E-state index >= 15 is 0 Å². The molecular formula is C16H17FN2O4. The molecule has 1 aromatic carbocycles. The van der Waals surface area contributed by atoms with Crippen molar-refractivity contribution < 1.29 is 23.1 Å². The minimum atomic E-state index is -0.615. The average Bonchev–Trinajstić information content (AvgIpc) is 3.08. The van der Waals surface area contributed by atoms with E-state index in [0.717, 1.165) is 0 Å². The third-order valence-electron chi connectivity index (χ3n) is 3.19. The number of furan rings is 1. The van der Waals surface area contributed by atoms with Crippen LogP contribution in [0.1, 0.15) is 6.92 Å². The summed E-state index contributed by atoms with van der Waals surface area (Å²) in [6.07, 6.45) is 1.51. The number of amides is 2. The van der Waals surface area contributed by atoms with Gasteiger partial charge in [-0.1, -0.05) is 6.92 Å². The van der Waals surface area contributed by atoms with Crippen LogP contribution in [0.15, 0.2) is 41.0 Å². The fourth-order valence-electron chi connectivity index (χ4n) is 1.91. The molecule has 2 aromatic rings. The van der Waals surface area contributed by atoms with Gasteiger partial charge in [-0.05, 0) is 30.3 Å². The number of rotatable bonds is 5. The van der Waals surface area contributed by atoms with Gasteiger partial charge in [0.2, 0.25) is 0 Å². The van der Waals surface area contributed by atoms with E-state index in [1.165, 1.54) is 25.5 Å². The SMILES string of the molecule is COC(=O)C(C)CNC(=O)Nc1cc(-c2ccco2)ccc1F. The van der Waals surface area contributed by atoms with Gasteiger partial charge in [0.1, 0.15) is 11.6 Å². The van der Waals surface area contributed by atoms with Crippen molar-refractivity contribution in [3.05, 3.63) is 42.4 Å². The summed E-state index contributed by atoms with van der Waals surface area (Å²) in [4.78, 5) is 23.1. The first-order valence-corrected chi connectivity index (χ1v) is 6.97. The van der Waals surface area contributed by atoms with Crippen molar-refractivity contribution in [2.45, 2.75) is 6.92 Å². The maximum absolute atomic E-state index is 13.8. The highest BCUT2D eigenvalue weighted by molar-refractivity contribution is 5.90. The molecule has 0 saturated heterocycles. The van der Waals surface area contributed by atoms with Gasteiger partial charge < -0.3 is 19.8 Å². The van der Waals surface area contributed by atoms with E-state index in [1.807, 2.05) is 0 Å². The molecule has 0 aliphatic carbocycles. The molecule has 6 nitrogen and oxygen atoms in total. The number of carbonyl (C=O) groups excluding carboxylic acids is 2. The van der Waals surface area contributed by atoms with Gasteiger partial charge in [-0.2, -0.15) is 0 Å². The number of urea groups is 1. The van der Waals surface area contributed by atoms with Crippen molar-refractivity contribution in [1.29, 1.82) is 0 Å². The quantitative estimate of drug-likeness (QED) is 0.830. The molecule has 2 amide bonds. The summed E-state index contributed by atoms with van der Waals surface area (Å²) in [6, 6.07) is 7.09. The molecule has 7 heteroatoms. The predicted molar refractivity (Wildman–Crippen MR) is 82.3 cm³/mol. The predicted octanol–water partition coefficient (Wildman–Crippen LogP) is 3.02. The zero-order valence-electron chi connectivity index (χ0n) is 12.8. The maximum atomic E-state index is 13.8. The number of hydrogen-bond acceptors (Lipinski definition) is 4. The van der Waals surface area contributed by atoms with Crippen LogP contribution in [0.5, 0.6) is 0 Å². The monoisotopic (exact) mass is 320 g/mol. The standard InChI is InChI=1S/C16H17FN2O4/c1-10(15(20)22-2)9-18-16(21)19-13-8-11(5-6-12(13)17)14-4-3-7-23-14/h3-8,10H,9H2,1-2H3,(H2,18,19,21). The van der Waals surface area contributed by atoms with Crippen LogP contribution in [-0.4, -0.2) is 25.7 Å². The molecule has 0 saturated carbocycles. The molecule has 0 aliphatic heterocycles. The van der Waals surface area contributed by atoms with Crippen LogP contribution in [0.3, 0.4) is 0 Å². The summed E-state index contributed by atoms with van der Waals surface area (Å²) in [5.41, 5.74) is 0.650. The van der Waals surface area contributed by atoms with Crippen molar-refractivity contribution in [3.63, 3.8) is 0 Å². The van der Waals surface area contributed by atoms with Crippen LogP contribution in [0.25, 0.3) is 11.3 Å². The molecule has 0 bridgehead atoms. The smallest absolute Gasteiger partial charge is 0.319 e. The van der Waals surface area contributed by atoms with E-state index in [0.29, 0.717) is 11.3 Å². The number of methoxy groups -OCH3 is 1. The first-order valence-electron chi connectivity index (χ1n) is 6.97. The van der Waals surface area contributed by atoms with Crippen LogP contribution >= 0.6 is 0 Å². The van der Waals surface area contributed by atoms with Crippen LogP contribution in [0.2, 0.25) is 0 Å². The van der Waals surface area contributed by atoms with E-state index in [1.54, 1.807) is 25.1 Å². The van der Waals surface area contributed by atoms with Crippen LogP contribution in [-0.2, 0) is 9.53 Å². The second kappa shape index (κ2) is 7.44. The number of nitrogens with one attached hydrogen (secondary N) is 2. The highest BCUT2D eigenvalue weighted by atomic mass is 19.1. The molecule has 0 radical (unpaired) electrons. The first-order chi connectivity index (χ1) is 11.0. The normalized spacial score (nSPS) is 11.6. The Morgan fingerprint density at radius 3 is 2.78 bits per heavy atom. The minimum absolute atomic E-state index is 0.0159. The molecule has 1 unspecified atom stereocenters. The number of ether oxygens (including phenoxy) is 1.